The van der Waals surface area contributed by atoms with Gasteiger partial charge in [0, 0.05) is 5.92 Å². The second-order valence-corrected chi connectivity index (χ2v) is 2.14. The van der Waals surface area contributed by atoms with Gasteiger partial charge in [0.15, 0.2) is 5.78 Å². The zero-order chi connectivity index (χ0) is 5.28. The number of alkyl halides is 1. The first-order valence-electron chi connectivity index (χ1n) is 2.43. The fraction of sp³-hybridized carbons (Fsp3) is 0.800. The second-order valence-electron chi connectivity index (χ2n) is 1.87. The van der Waals surface area contributed by atoms with Crippen molar-refractivity contribution in [3.05, 3.63) is 0 Å². The van der Waals surface area contributed by atoms with Crippen LogP contribution in [-0.2, 0) is 4.79 Å². The van der Waals surface area contributed by atoms with Crippen LogP contribution in [0, 0.1) is 5.92 Å². The number of Topliss-reactive ketones (excluding diaryl/α,β-unsaturated/α-hetero) is 1. The fourth-order valence-corrected chi connectivity index (χ4v) is 0.733. The zero-order valence-electron chi connectivity index (χ0n) is 3.98. The second kappa shape index (κ2) is 1.83. The lowest BCUT2D eigenvalue weighted by molar-refractivity contribution is -0.117. The van der Waals surface area contributed by atoms with Crippen LogP contribution in [-0.4, -0.2) is 11.7 Å². The summed E-state index contributed by atoms with van der Waals surface area (Å²) in [6, 6.07) is 0. The Kier molecular flexibility index (Phi) is 1.33. The number of rotatable bonds is 2. The summed E-state index contributed by atoms with van der Waals surface area (Å²) in [6.45, 7) is 0. The molecule has 0 aromatic rings. The molecule has 0 aromatic carbocycles. The predicted octanol–water partition coefficient (Wildman–Crippen LogP) is 1.20. The first-order chi connectivity index (χ1) is 3.34. The largest absolute Gasteiger partial charge is 0.298 e. The third kappa shape index (κ3) is 1.16. The van der Waals surface area contributed by atoms with Crippen molar-refractivity contribution in [3.63, 3.8) is 0 Å². The van der Waals surface area contributed by atoms with Crippen molar-refractivity contribution >= 4 is 17.4 Å². The third-order valence-electron chi connectivity index (χ3n) is 1.16. The van der Waals surface area contributed by atoms with E-state index in [2.05, 4.69) is 0 Å². The van der Waals surface area contributed by atoms with Gasteiger partial charge in [0.25, 0.3) is 0 Å². The maximum Gasteiger partial charge on any atom is 0.150 e. The van der Waals surface area contributed by atoms with Gasteiger partial charge in [-0.2, -0.15) is 0 Å². The van der Waals surface area contributed by atoms with Crippen LogP contribution in [0.1, 0.15) is 12.8 Å². The molecule has 0 saturated heterocycles. The molecule has 0 N–H and O–H groups in total. The highest BCUT2D eigenvalue weighted by molar-refractivity contribution is 6.28. The van der Waals surface area contributed by atoms with Crippen LogP contribution in [0.5, 0.6) is 0 Å². The Bertz CT molecular complexity index is 86.1. The SMILES string of the molecule is O=C(CCl)C1CC1. The average Bonchev–Trinajstić information content (AvgIpc) is 2.44. The number of halogens is 1. The molecule has 0 radical (unpaired) electrons. The van der Waals surface area contributed by atoms with E-state index in [1.54, 1.807) is 0 Å². The summed E-state index contributed by atoms with van der Waals surface area (Å²) in [4.78, 5) is 10.4. The molecule has 0 unspecified atom stereocenters. The Morgan fingerprint density at radius 2 is 2.29 bits per heavy atom. The summed E-state index contributed by atoms with van der Waals surface area (Å²) in [7, 11) is 0. The molecule has 0 bridgehead atoms. The van der Waals surface area contributed by atoms with Crippen molar-refractivity contribution in [1.82, 2.24) is 0 Å². The van der Waals surface area contributed by atoms with Gasteiger partial charge in [-0.1, -0.05) is 0 Å². The molecule has 2 heteroatoms. The summed E-state index contributed by atoms with van der Waals surface area (Å²) in [5.41, 5.74) is 0. The van der Waals surface area contributed by atoms with Crippen molar-refractivity contribution in [2.45, 2.75) is 12.8 Å². The van der Waals surface area contributed by atoms with E-state index in [0.717, 1.165) is 12.8 Å². The minimum absolute atomic E-state index is 0.213. The quantitative estimate of drug-likeness (QED) is 0.498. The topological polar surface area (TPSA) is 17.1 Å². The van der Waals surface area contributed by atoms with E-state index in [9.17, 15) is 4.79 Å². The minimum atomic E-state index is 0.213. The molecule has 1 aliphatic rings. The Morgan fingerprint density at radius 3 is 2.43 bits per heavy atom. The molecule has 1 saturated carbocycles. The number of hydrogen-bond acceptors (Lipinski definition) is 1. The van der Waals surface area contributed by atoms with Gasteiger partial charge in [-0.15, -0.1) is 11.6 Å². The van der Waals surface area contributed by atoms with Crippen molar-refractivity contribution in [1.29, 1.82) is 0 Å². The minimum Gasteiger partial charge on any atom is -0.298 e. The number of carbonyl (C=O) groups excluding carboxylic acids is 1. The van der Waals surface area contributed by atoms with Gasteiger partial charge in [0.2, 0.25) is 0 Å². The van der Waals surface area contributed by atoms with Gasteiger partial charge in [0.05, 0.1) is 5.88 Å². The molecule has 0 aliphatic heterocycles. The highest BCUT2D eigenvalue weighted by atomic mass is 35.5. The van der Waals surface area contributed by atoms with Gasteiger partial charge in [-0.05, 0) is 12.8 Å². The number of ketones is 1. The lowest BCUT2D eigenvalue weighted by atomic mass is 10.3. The number of carbonyl (C=O) groups is 1. The van der Waals surface area contributed by atoms with E-state index in [1.807, 2.05) is 0 Å². The smallest absolute Gasteiger partial charge is 0.150 e. The van der Waals surface area contributed by atoms with E-state index >= 15 is 0 Å². The molecule has 0 heterocycles. The van der Waals surface area contributed by atoms with E-state index in [4.69, 9.17) is 11.6 Å². The molecule has 0 spiro atoms. The highest BCUT2D eigenvalue weighted by Crippen LogP contribution is 2.29. The molecule has 0 amide bonds. The van der Waals surface area contributed by atoms with Crippen LogP contribution in [0.3, 0.4) is 0 Å². The lowest BCUT2D eigenvalue weighted by Crippen LogP contribution is -1.99. The zero-order valence-corrected chi connectivity index (χ0v) is 4.74. The van der Waals surface area contributed by atoms with E-state index in [0.29, 0.717) is 5.92 Å². The van der Waals surface area contributed by atoms with Crippen LogP contribution in [0.2, 0.25) is 0 Å². The Hall–Kier alpha value is -0.0400. The standard InChI is InChI=1S/C5H7ClO/c6-3-5(7)4-1-2-4/h4H,1-3H2. The molecular weight excluding hydrogens is 112 g/mol. The van der Waals surface area contributed by atoms with Crippen LogP contribution < -0.4 is 0 Å². The predicted molar refractivity (Wildman–Crippen MR) is 28.5 cm³/mol. The maximum atomic E-state index is 10.4. The Labute approximate surface area is 47.7 Å². The third-order valence-corrected chi connectivity index (χ3v) is 1.43. The monoisotopic (exact) mass is 118 g/mol. The van der Waals surface area contributed by atoms with Crippen molar-refractivity contribution in [2.24, 2.45) is 5.92 Å². The van der Waals surface area contributed by atoms with Gasteiger partial charge in [0.1, 0.15) is 0 Å². The maximum absolute atomic E-state index is 10.4. The first kappa shape index (κ1) is 5.10. The molecule has 1 nitrogen and oxygen atoms in total. The normalized spacial score (nSPS) is 19.6. The Balaban J connectivity index is 2.24. The highest BCUT2D eigenvalue weighted by Gasteiger charge is 2.27. The lowest BCUT2D eigenvalue weighted by Gasteiger charge is -1.82. The van der Waals surface area contributed by atoms with Gasteiger partial charge in [-0.25, -0.2) is 0 Å². The molecule has 7 heavy (non-hydrogen) atoms. The van der Waals surface area contributed by atoms with E-state index in [-0.39, 0.29) is 11.7 Å². The van der Waals surface area contributed by atoms with Crippen LogP contribution in [0.15, 0.2) is 0 Å². The molecule has 0 aromatic heterocycles. The van der Waals surface area contributed by atoms with Crippen molar-refractivity contribution in [3.8, 4) is 0 Å². The summed E-state index contributed by atoms with van der Waals surface area (Å²) >= 11 is 5.24. The van der Waals surface area contributed by atoms with Crippen LogP contribution in [0.25, 0.3) is 0 Å². The molecule has 1 rings (SSSR count). The fourth-order valence-electron chi connectivity index (χ4n) is 0.514. The van der Waals surface area contributed by atoms with Crippen LogP contribution >= 0.6 is 11.6 Å². The molecule has 0 atom stereocenters. The molecular formula is C5H7ClO. The van der Waals surface area contributed by atoms with Gasteiger partial charge >= 0.3 is 0 Å². The van der Waals surface area contributed by atoms with Crippen molar-refractivity contribution < 1.29 is 4.79 Å². The number of hydrogen-bond donors (Lipinski definition) is 0. The molecule has 1 aliphatic carbocycles. The van der Waals surface area contributed by atoms with Crippen LogP contribution in [0.4, 0.5) is 0 Å². The summed E-state index contributed by atoms with van der Waals surface area (Å²) < 4.78 is 0. The average molecular weight is 119 g/mol. The van der Waals surface area contributed by atoms with E-state index in [1.165, 1.54) is 0 Å². The Morgan fingerprint density at radius 1 is 1.71 bits per heavy atom. The summed E-state index contributed by atoms with van der Waals surface area (Å²) in [6.07, 6.45) is 2.15. The summed E-state index contributed by atoms with van der Waals surface area (Å²) in [5, 5.41) is 0. The van der Waals surface area contributed by atoms with Crippen molar-refractivity contribution in [2.75, 3.05) is 5.88 Å². The summed E-state index contributed by atoms with van der Waals surface area (Å²) in [5.74, 6) is 0.782. The van der Waals surface area contributed by atoms with E-state index < -0.39 is 0 Å². The van der Waals surface area contributed by atoms with Gasteiger partial charge in [-0.3, -0.25) is 4.79 Å². The molecule has 40 valence electrons. The first-order valence-corrected chi connectivity index (χ1v) is 2.96. The molecule has 1 fully saturated rings. The van der Waals surface area contributed by atoms with Gasteiger partial charge < -0.3 is 0 Å².